The molecule has 8 nitrogen and oxygen atoms in total. The van der Waals surface area contributed by atoms with E-state index in [1.165, 1.54) is 6.33 Å². The first kappa shape index (κ1) is 15.5. The molecular formula is C15H16N4O4S. The van der Waals surface area contributed by atoms with Crippen LogP contribution in [0.5, 0.6) is 0 Å². The van der Waals surface area contributed by atoms with E-state index in [1.54, 1.807) is 22.1 Å². The highest BCUT2D eigenvalue weighted by atomic mass is 32.1. The van der Waals surface area contributed by atoms with Crippen molar-refractivity contribution in [3.05, 3.63) is 29.4 Å². The molecule has 4 atom stereocenters. The smallest absolute Gasteiger partial charge is 0.164 e. The zero-order valence-corrected chi connectivity index (χ0v) is 13.3. The summed E-state index contributed by atoms with van der Waals surface area (Å²) in [6.07, 6.45) is -0.983. The number of aromatic nitrogens is 3. The number of nitrogens with zero attached hydrogens (tertiary/aromatic N) is 3. The quantitative estimate of drug-likeness (QED) is 0.538. The molecule has 0 aliphatic carbocycles. The minimum absolute atomic E-state index is 0.326. The standard InChI is InChI=1S/C15H16N4O4S/c16-13-10-8(7-1-2-24-5-7)3-19(14(10)18-6-17-13)15-12(22)11(21)9(4-20)23-15/h1-3,5-6,9,11-12,15,20-22H,4H2,(H2,16,17,18)/t9-,11-,12+,15-/m1/s1. The number of nitrogen functional groups attached to an aromatic ring is 1. The highest BCUT2D eigenvalue weighted by Gasteiger charge is 2.44. The Balaban J connectivity index is 1.90. The molecule has 0 bridgehead atoms. The normalized spacial score (nSPS) is 27.1. The maximum absolute atomic E-state index is 10.3. The molecule has 0 amide bonds. The summed E-state index contributed by atoms with van der Waals surface area (Å²) in [5.41, 5.74) is 8.31. The summed E-state index contributed by atoms with van der Waals surface area (Å²) < 4.78 is 7.24. The second-order valence-corrected chi connectivity index (χ2v) is 6.43. The van der Waals surface area contributed by atoms with Gasteiger partial charge in [-0.2, -0.15) is 11.3 Å². The fourth-order valence-electron chi connectivity index (χ4n) is 3.05. The number of thiophene rings is 1. The van der Waals surface area contributed by atoms with Crippen LogP contribution in [0.1, 0.15) is 6.23 Å². The summed E-state index contributed by atoms with van der Waals surface area (Å²) in [7, 11) is 0. The van der Waals surface area contributed by atoms with Crippen molar-refractivity contribution in [1.82, 2.24) is 14.5 Å². The van der Waals surface area contributed by atoms with E-state index in [2.05, 4.69) is 9.97 Å². The van der Waals surface area contributed by atoms with Crippen molar-refractivity contribution in [3.63, 3.8) is 0 Å². The van der Waals surface area contributed by atoms with Gasteiger partial charge in [-0.3, -0.25) is 0 Å². The molecule has 1 aliphatic rings. The molecule has 0 spiro atoms. The summed E-state index contributed by atoms with van der Waals surface area (Å²) >= 11 is 1.55. The lowest BCUT2D eigenvalue weighted by molar-refractivity contribution is -0.0508. The molecule has 24 heavy (non-hydrogen) atoms. The molecule has 3 aromatic heterocycles. The molecule has 0 unspecified atom stereocenters. The Morgan fingerprint density at radius 3 is 2.79 bits per heavy atom. The first-order valence-corrected chi connectivity index (χ1v) is 8.32. The molecule has 0 saturated carbocycles. The van der Waals surface area contributed by atoms with E-state index < -0.39 is 24.5 Å². The van der Waals surface area contributed by atoms with Crippen molar-refractivity contribution < 1.29 is 20.1 Å². The highest BCUT2D eigenvalue weighted by Crippen LogP contribution is 2.38. The van der Waals surface area contributed by atoms with Gasteiger partial charge in [-0.25, -0.2) is 9.97 Å². The third kappa shape index (κ3) is 2.21. The lowest BCUT2D eigenvalue weighted by Gasteiger charge is -2.17. The van der Waals surface area contributed by atoms with Crippen molar-refractivity contribution in [1.29, 1.82) is 0 Å². The molecule has 0 radical (unpaired) electrons. The van der Waals surface area contributed by atoms with Gasteiger partial charge in [0.05, 0.1) is 12.0 Å². The van der Waals surface area contributed by atoms with Gasteiger partial charge < -0.3 is 30.4 Å². The number of rotatable bonds is 3. The van der Waals surface area contributed by atoms with Crippen LogP contribution in [0.3, 0.4) is 0 Å². The second kappa shape index (κ2) is 5.80. The zero-order chi connectivity index (χ0) is 16.8. The Hall–Kier alpha value is -2.04. The summed E-state index contributed by atoms with van der Waals surface area (Å²) in [6.45, 7) is -0.386. The Morgan fingerprint density at radius 1 is 1.29 bits per heavy atom. The molecule has 4 heterocycles. The van der Waals surface area contributed by atoms with Crippen molar-refractivity contribution in [2.24, 2.45) is 0 Å². The SMILES string of the molecule is Nc1ncnc2c1c(-c1ccsc1)cn2[C@@H]1O[C@H](CO)[C@@H](O)[C@@H]1O. The van der Waals surface area contributed by atoms with Gasteiger partial charge in [0.2, 0.25) is 0 Å². The topological polar surface area (TPSA) is 127 Å². The first-order valence-electron chi connectivity index (χ1n) is 7.38. The Morgan fingerprint density at radius 2 is 2.12 bits per heavy atom. The zero-order valence-electron chi connectivity index (χ0n) is 12.5. The predicted octanol–water partition coefficient (Wildman–Crippen LogP) is 0.353. The molecule has 4 rings (SSSR count). The Labute approximate surface area is 140 Å². The van der Waals surface area contributed by atoms with Gasteiger partial charge in [-0.15, -0.1) is 0 Å². The average molecular weight is 348 g/mol. The van der Waals surface area contributed by atoms with Crippen LogP contribution in [0.4, 0.5) is 5.82 Å². The van der Waals surface area contributed by atoms with Gasteiger partial charge in [0.1, 0.15) is 36.1 Å². The molecule has 1 aliphatic heterocycles. The van der Waals surface area contributed by atoms with Crippen molar-refractivity contribution in [3.8, 4) is 11.1 Å². The minimum Gasteiger partial charge on any atom is -0.394 e. The average Bonchev–Trinajstić information content (AvgIpc) is 3.28. The fourth-order valence-corrected chi connectivity index (χ4v) is 3.70. The number of anilines is 1. The maximum Gasteiger partial charge on any atom is 0.164 e. The van der Waals surface area contributed by atoms with Gasteiger partial charge >= 0.3 is 0 Å². The van der Waals surface area contributed by atoms with Gasteiger partial charge in [0, 0.05) is 11.8 Å². The first-order chi connectivity index (χ1) is 11.6. The van der Waals surface area contributed by atoms with Gasteiger partial charge in [-0.1, -0.05) is 0 Å². The molecular weight excluding hydrogens is 332 g/mol. The van der Waals surface area contributed by atoms with Crippen molar-refractivity contribution in [2.45, 2.75) is 24.5 Å². The van der Waals surface area contributed by atoms with E-state index >= 15 is 0 Å². The molecule has 1 saturated heterocycles. The third-order valence-electron chi connectivity index (χ3n) is 4.26. The van der Waals surface area contributed by atoms with E-state index in [1.807, 2.05) is 16.8 Å². The van der Waals surface area contributed by atoms with Gasteiger partial charge in [0.15, 0.2) is 6.23 Å². The predicted molar refractivity (Wildman–Crippen MR) is 88.3 cm³/mol. The number of ether oxygens (including phenoxy) is 1. The largest absolute Gasteiger partial charge is 0.394 e. The van der Waals surface area contributed by atoms with Crippen LogP contribution >= 0.6 is 11.3 Å². The highest BCUT2D eigenvalue weighted by molar-refractivity contribution is 7.08. The van der Waals surface area contributed by atoms with E-state index in [4.69, 9.17) is 10.5 Å². The summed E-state index contributed by atoms with van der Waals surface area (Å²) in [5.74, 6) is 0.326. The second-order valence-electron chi connectivity index (χ2n) is 5.65. The summed E-state index contributed by atoms with van der Waals surface area (Å²) in [5, 5.41) is 34.2. The molecule has 126 valence electrons. The Kier molecular flexibility index (Phi) is 3.74. The minimum atomic E-state index is -1.19. The van der Waals surface area contributed by atoms with Crippen molar-refractivity contribution >= 4 is 28.2 Å². The number of fused-ring (bicyclic) bond motifs is 1. The number of aliphatic hydroxyl groups is 3. The lowest BCUT2D eigenvalue weighted by Crippen LogP contribution is -2.33. The number of hydrogen-bond acceptors (Lipinski definition) is 8. The van der Waals surface area contributed by atoms with E-state index in [0.29, 0.717) is 16.9 Å². The van der Waals surface area contributed by atoms with Crippen LogP contribution in [-0.2, 0) is 4.74 Å². The summed E-state index contributed by atoms with van der Waals surface area (Å²) in [6, 6.07) is 1.95. The van der Waals surface area contributed by atoms with Crippen LogP contribution in [0.25, 0.3) is 22.2 Å². The van der Waals surface area contributed by atoms with E-state index in [9.17, 15) is 15.3 Å². The van der Waals surface area contributed by atoms with E-state index in [0.717, 1.165) is 11.1 Å². The van der Waals surface area contributed by atoms with Crippen molar-refractivity contribution in [2.75, 3.05) is 12.3 Å². The molecule has 1 fully saturated rings. The van der Waals surface area contributed by atoms with Gasteiger partial charge in [0.25, 0.3) is 0 Å². The van der Waals surface area contributed by atoms with Crippen LogP contribution < -0.4 is 5.73 Å². The van der Waals surface area contributed by atoms with Crippen LogP contribution in [-0.4, -0.2) is 54.8 Å². The molecule has 0 aromatic carbocycles. The molecule has 9 heteroatoms. The monoisotopic (exact) mass is 348 g/mol. The number of nitrogens with two attached hydrogens (primary N) is 1. The fraction of sp³-hybridized carbons (Fsp3) is 0.333. The van der Waals surface area contributed by atoms with Crippen LogP contribution in [0, 0.1) is 0 Å². The molecule has 5 N–H and O–H groups in total. The molecule has 3 aromatic rings. The van der Waals surface area contributed by atoms with Crippen LogP contribution in [0.2, 0.25) is 0 Å². The van der Waals surface area contributed by atoms with Crippen LogP contribution in [0.15, 0.2) is 29.4 Å². The lowest BCUT2D eigenvalue weighted by atomic mass is 10.1. The number of aliphatic hydroxyl groups excluding tert-OH is 3. The maximum atomic E-state index is 10.3. The Bertz CT molecular complexity index is 866. The van der Waals surface area contributed by atoms with Gasteiger partial charge in [-0.05, 0) is 22.4 Å². The third-order valence-corrected chi connectivity index (χ3v) is 4.95. The van der Waals surface area contributed by atoms with E-state index in [-0.39, 0.29) is 6.61 Å². The number of hydrogen-bond donors (Lipinski definition) is 4. The summed E-state index contributed by atoms with van der Waals surface area (Å²) in [4.78, 5) is 8.31.